The van der Waals surface area contributed by atoms with Crippen molar-refractivity contribution in [3.05, 3.63) is 24.0 Å². The molecule has 0 radical (unpaired) electrons. The number of carbonyl (C=O) groups excluding carboxylic acids is 1. The van der Waals surface area contributed by atoms with Gasteiger partial charge in [0.05, 0.1) is 5.56 Å². The Morgan fingerprint density at radius 2 is 2.21 bits per heavy atom. The average Bonchev–Trinajstić information content (AvgIpc) is 2.46. The Bertz CT molecular complexity index is 444. The van der Waals surface area contributed by atoms with Crippen LogP contribution in [-0.2, 0) is 0 Å². The van der Waals surface area contributed by atoms with Gasteiger partial charge in [-0.2, -0.15) is 11.8 Å². The highest BCUT2D eigenvalue weighted by Crippen LogP contribution is 2.38. The molecule has 0 saturated heterocycles. The minimum atomic E-state index is -0.121. The van der Waals surface area contributed by atoms with Crippen LogP contribution in [0.15, 0.2) is 18.5 Å². The maximum Gasteiger partial charge on any atom is 0.254 e. The Morgan fingerprint density at radius 3 is 2.84 bits per heavy atom. The molecule has 0 unspecified atom stereocenters. The van der Waals surface area contributed by atoms with Gasteiger partial charge in [-0.3, -0.25) is 9.78 Å². The first-order valence-electron chi connectivity index (χ1n) is 6.70. The summed E-state index contributed by atoms with van der Waals surface area (Å²) in [6, 6.07) is 1.65. The molecule has 2 rings (SSSR count). The highest BCUT2D eigenvalue weighted by molar-refractivity contribution is 8.00. The number of amides is 1. The minimum Gasteiger partial charge on any atom is -0.398 e. The SMILES string of the molecule is CSC1(CNC(=O)c2cnccc2N)CCCCC1. The quantitative estimate of drug-likeness (QED) is 0.888. The van der Waals surface area contributed by atoms with Gasteiger partial charge in [0, 0.05) is 29.4 Å². The van der Waals surface area contributed by atoms with Crippen molar-refractivity contribution < 1.29 is 4.79 Å². The van der Waals surface area contributed by atoms with Crippen LogP contribution in [0.5, 0.6) is 0 Å². The maximum absolute atomic E-state index is 12.1. The molecule has 19 heavy (non-hydrogen) atoms. The Balaban J connectivity index is 1.98. The summed E-state index contributed by atoms with van der Waals surface area (Å²) in [5, 5.41) is 3.02. The van der Waals surface area contributed by atoms with E-state index in [-0.39, 0.29) is 10.7 Å². The Morgan fingerprint density at radius 1 is 1.47 bits per heavy atom. The Labute approximate surface area is 118 Å². The van der Waals surface area contributed by atoms with Crippen LogP contribution in [0.2, 0.25) is 0 Å². The van der Waals surface area contributed by atoms with Crippen LogP contribution in [0.4, 0.5) is 5.69 Å². The predicted octanol–water partition coefficient (Wildman–Crippen LogP) is 2.46. The van der Waals surface area contributed by atoms with Crippen LogP contribution in [0.25, 0.3) is 0 Å². The second-order valence-corrected chi connectivity index (χ2v) is 6.37. The van der Waals surface area contributed by atoms with Crippen LogP contribution in [0, 0.1) is 0 Å². The lowest BCUT2D eigenvalue weighted by molar-refractivity contribution is 0.0947. The van der Waals surface area contributed by atoms with E-state index in [4.69, 9.17) is 5.73 Å². The van der Waals surface area contributed by atoms with Crippen molar-refractivity contribution in [2.75, 3.05) is 18.5 Å². The largest absolute Gasteiger partial charge is 0.398 e. The van der Waals surface area contributed by atoms with E-state index in [1.54, 1.807) is 12.3 Å². The molecule has 0 spiro atoms. The second kappa shape index (κ2) is 6.28. The van der Waals surface area contributed by atoms with E-state index in [1.165, 1.54) is 38.3 Å². The van der Waals surface area contributed by atoms with E-state index in [9.17, 15) is 4.79 Å². The summed E-state index contributed by atoms with van der Waals surface area (Å²) in [6.45, 7) is 0.710. The summed E-state index contributed by atoms with van der Waals surface area (Å²) < 4.78 is 0.199. The van der Waals surface area contributed by atoms with E-state index in [0.717, 1.165) is 0 Å². The predicted molar refractivity (Wildman–Crippen MR) is 80.3 cm³/mol. The van der Waals surface area contributed by atoms with Crippen LogP contribution < -0.4 is 11.1 Å². The number of nitrogens with two attached hydrogens (primary N) is 1. The third-order valence-electron chi connectivity index (χ3n) is 3.87. The lowest BCUT2D eigenvalue weighted by atomic mass is 9.88. The van der Waals surface area contributed by atoms with Crippen LogP contribution in [0.1, 0.15) is 42.5 Å². The zero-order valence-electron chi connectivity index (χ0n) is 11.3. The third kappa shape index (κ3) is 3.41. The van der Waals surface area contributed by atoms with Crippen molar-refractivity contribution in [3.63, 3.8) is 0 Å². The fourth-order valence-corrected chi connectivity index (χ4v) is 3.49. The van der Waals surface area contributed by atoms with Gasteiger partial charge in [-0.15, -0.1) is 0 Å². The summed E-state index contributed by atoms with van der Waals surface area (Å²) in [4.78, 5) is 16.1. The number of nitrogens with zero attached hydrogens (tertiary/aromatic N) is 1. The average molecular weight is 279 g/mol. The smallest absolute Gasteiger partial charge is 0.254 e. The van der Waals surface area contributed by atoms with Gasteiger partial charge in [0.1, 0.15) is 0 Å². The zero-order valence-corrected chi connectivity index (χ0v) is 12.1. The van der Waals surface area contributed by atoms with E-state index in [2.05, 4.69) is 16.6 Å². The minimum absolute atomic E-state index is 0.121. The molecular formula is C14H21N3OS. The van der Waals surface area contributed by atoms with Crippen LogP contribution in [-0.4, -0.2) is 28.4 Å². The van der Waals surface area contributed by atoms with E-state index in [1.807, 2.05) is 11.8 Å². The number of anilines is 1. The van der Waals surface area contributed by atoms with Gasteiger partial charge in [-0.05, 0) is 25.2 Å². The molecule has 1 amide bonds. The standard InChI is InChI=1S/C14H21N3OS/c1-19-14(6-3-2-4-7-14)10-17-13(18)11-9-16-8-5-12(11)15/h5,8-9H,2-4,6-7,10H2,1H3,(H2,15,16)(H,17,18). The first kappa shape index (κ1) is 14.2. The molecule has 1 aromatic heterocycles. The third-order valence-corrected chi connectivity index (χ3v) is 5.29. The molecule has 1 aliphatic carbocycles. The summed E-state index contributed by atoms with van der Waals surface area (Å²) in [5.41, 5.74) is 6.74. The number of hydrogen-bond donors (Lipinski definition) is 2. The number of pyridine rings is 1. The van der Waals surface area contributed by atoms with Gasteiger partial charge in [-0.1, -0.05) is 19.3 Å². The second-order valence-electron chi connectivity index (χ2n) is 5.09. The summed E-state index contributed by atoms with van der Waals surface area (Å²) in [6.07, 6.45) is 11.4. The molecule has 3 N–H and O–H groups in total. The summed E-state index contributed by atoms with van der Waals surface area (Å²) in [5.74, 6) is -0.121. The van der Waals surface area contributed by atoms with Crippen molar-refractivity contribution in [2.24, 2.45) is 0 Å². The highest BCUT2D eigenvalue weighted by atomic mass is 32.2. The molecule has 0 atom stereocenters. The zero-order chi connectivity index (χ0) is 13.7. The van der Waals surface area contributed by atoms with Crippen molar-refractivity contribution in [3.8, 4) is 0 Å². The van der Waals surface area contributed by atoms with Gasteiger partial charge < -0.3 is 11.1 Å². The van der Waals surface area contributed by atoms with Crippen molar-refractivity contribution in [1.82, 2.24) is 10.3 Å². The summed E-state index contributed by atoms with van der Waals surface area (Å²) in [7, 11) is 0. The van der Waals surface area contributed by atoms with E-state index in [0.29, 0.717) is 17.8 Å². The topological polar surface area (TPSA) is 68.0 Å². The summed E-state index contributed by atoms with van der Waals surface area (Å²) >= 11 is 1.87. The lowest BCUT2D eigenvalue weighted by Crippen LogP contribution is -2.41. The number of hydrogen-bond acceptors (Lipinski definition) is 4. The fourth-order valence-electron chi connectivity index (χ4n) is 2.58. The van der Waals surface area contributed by atoms with Gasteiger partial charge >= 0.3 is 0 Å². The van der Waals surface area contributed by atoms with Crippen LogP contribution >= 0.6 is 11.8 Å². The molecule has 1 heterocycles. The molecule has 0 aliphatic heterocycles. The first-order chi connectivity index (χ1) is 9.17. The Kier molecular flexibility index (Phi) is 4.69. The monoisotopic (exact) mass is 279 g/mol. The van der Waals surface area contributed by atoms with Gasteiger partial charge in [0.2, 0.25) is 0 Å². The molecule has 1 fully saturated rings. The van der Waals surface area contributed by atoms with Gasteiger partial charge in [0.25, 0.3) is 5.91 Å². The fraction of sp³-hybridized carbons (Fsp3) is 0.571. The molecule has 104 valence electrons. The molecule has 5 heteroatoms. The molecular weight excluding hydrogens is 258 g/mol. The number of aromatic nitrogens is 1. The van der Waals surface area contributed by atoms with E-state index >= 15 is 0 Å². The number of carbonyl (C=O) groups is 1. The molecule has 4 nitrogen and oxygen atoms in total. The molecule has 0 bridgehead atoms. The number of nitrogen functional groups attached to an aromatic ring is 1. The van der Waals surface area contributed by atoms with Crippen LogP contribution in [0.3, 0.4) is 0 Å². The van der Waals surface area contributed by atoms with Crippen molar-refractivity contribution in [1.29, 1.82) is 0 Å². The molecule has 0 aromatic carbocycles. The number of rotatable bonds is 4. The first-order valence-corrected chi connectivity index (χ1v) is 7.92. The van der Waals surface area contributed by atoms with E-state index < -0.39 is 0 Å². The lowest BCUT2D eigenvalue weighted by Gasteiger charge is -2.35. The molecule has 1 aliphatic rings. The normalized spacial score (nSPS) is 17.9. The number of nitrogens with one attached hydrogen (secondary N) is 1. The molecule has 1 saturated carbocycles. The highest BCUT2D eigenvalue weighted by Gasteiger charge is 2.31. The maximum atomic E-state index is 12.1. The number of thioether (sulfide) groups is 1. The van der Waals surface area contributed by atoms with Gasteiger partial charge in [0.15, 0.2) is 0 Å². The van der Waals surface area contributed by atoms with Crippen molar-refractivity contribution >= 4 is 23.4 Å². The molecule has 1 aromatic rings. The van der Waals surface area contributed by atoms with Gasteiger partial charge in [-0.25, -0.2) is 0 Å². The van der Waals surface area contributed by atoms with Crippen molar-refractivity contribution in [2.45, 2.75) is 36.9 Å². The Hall–Kier alpha value is -1.23.